The van der Waals surface area contributed by atoms with Crippen LogP contribution in [0.5, 0.6) is 0 Å². The van der Waals surface area contributed by atoms with Crippen molar-refractivity contribution in [3.05, 3.63) is 35.2 Å². The summed E-state index contributed by atoms with van der Waals surface area (Å²) in [6.07, 6.45) is 2.20. The molecular formula is C12H12FNO3. The van der Waals surface area contributed by atoms with Crippen LogP contribution in [-0.4, -0.2) is 17.0 Å². The van der Waals surface area contributed by atoms with Gasteiger partial charge in [0.2, 0.25) is 5.91 Å². The molecule has 0 spiro atoms. The lowest BCUT2D eigenvalue weighted by Crippen LogP contribution is -2.06. The van der Waals surface area contributed by atoms with Gasteiger partial charge in [-0.3, -0.25) is 4.79 Å². The normalized spacial score (nSPS) is 10.5. The second kappa shape index (κ2) is 5.25. The van der Waals surface area contributed by atoms with E-state index in [0.717, 1.165) is 6.08 Å². The van der Waals surface area contributed by atoms with Crippen molar-refractivity contribution < 1.29 is 19.1 Å². The maximum absolute atomic E-state index is 13.5. The molecule has 5 heteroatoms. The molecular weight excluding hydrogens is 225 g/mol. The second-order valence-electron chi connectivity index (χ2n) is 3.53. The molecule has 0 aliphatic carbocycles. The maximum Gasteiger partial charge on any atom is 0.328 e. The van der Waals surface area contributed by atoms with Gasteiger partial charge in [-0.2, -0.15) is 0 Å². The summed E-state index contributed by atoms with van der Waals surface area (Å²) < 4.78 is 13.5. The number of halogens is 1. The Morgan fingerprint density at radius 2 is 2.06 bits per heavy atom. The van der Waals surface area contributed by atoms with Crippen molar-refractivity contribution in [1.29, 1.82) is 0 Å². The molecule has 0 saturated carbocycles. The van der Waals surface area contributed by atoms with E-state index in [9.17, 15) is 14.0 Å². The molecule has 1 amide bonds. The first-order valence-corrected chi connectivity index (χ1v) is 4.89. The van der Waals surface area contributed by atoms with E-state index >= 15 is 0 Å². The molecule has 0 heterocycles. The third kappa shape index (κ3) is 3.71. The predicted molar refractivity (Wildman–Crippen MR) is 62.1 cm³/mol. The third-order valence-electron chi connectivity index (χ3n) is 2.11. The van der Waals surface area contributed by atoms with Crippen LogP contribution in [0, 0.1) is 12.7 Å². The van der Waals surface area contributed by atoms with Gasteiger partial charge in [-0.05, 0) is 36.3 Å². The zero-order valence-electron chi connectivity index (χ0n) is 9.45. The van der Waals surface area contributed by atoms with E-state index in [-0.39, 0.29) is 5.91 Å². The van der Waals surface area contributed by atoms with Crippen LogP contribution >= 0.6 is 0 Å². The van der Waals surface area contributed by atoms with Crippen molar-refractivity contribution >= 4 is 23.6 Å². The number of rotatable bonds is 3. The van der Waals surface area contributed by atoms with E-state index in [0.29, 0.717) is 16.8 Å². The van der Waals surface area contributed by atoms with E-state index in [1.165, 1.54) is 32.1 Å². The Balaban J connectivity index is 3.15. The second-order valence-corrected chi connectivity index (χ2v) is 3.53. The molecule has 0 fully saturated rings. The average molecular weight is 237 g/mol. The topological polar surface area (TPSA) is 66.4 Å². The number of nitrogens with one attached hydrogen (secondary N) is 1. The number of carbonyl (C=O) groups excluding carboxylic acids is 1. The fraction of sp³-hybridized carbons (Fsp3) is 0.167. The Morgan fingerprint density at radius 1 is 1.41 bits per heavy atom. The van der Waals surface area contributed by atoms with Gasteiger partial charge in [0.1, 0.15) is 5.82 Å². The number of benzene rings is 1. The van der Waals surface area contributed by atoms with Gasteiger partial charge in [-0.15, -0.1) is 0 Å². The zero-order chi connectivity index (χ0) is 13.0. The van der Waals surface area contributed by atoms with Gasteiger partial charge in [0, 0.05) is 18.7 Å². The lowest BCUT2D eigenvalue weighted by atomic mass is 10.1. The highest BCUT2D eigenvalue weighted by molar-refractivity contribution is 5.90. The summed E-state index contributed by atoms with van der Waals surface area (Å²) in [7, 11) is 0. The van der Waals surface area contributed by atoms with Crippen molar-refractivity contribution in [2.24, 2.45) is 0 Å². The third-order valence-corrected chi connectivity index (χ3v) is 2.11. The van der Waals surface area contributed by atoms with Gasteiger partial charge in [-0.1, -0.05) is 0 Å². The minimum absolute atomic E-state index is 0.297. The smallest absolute Gasteiger partial charge is 0.328 e. The Bertz CT molecular complexity index is 495. The van der Waals surface area contributed by atoms with Crippen LogP contribution in [-0.2, 0) is 9.59 Å². The standard InChI is InChI=1S/C12H12FNO3/c1-7-9(3-4-12(16)17)5-10(6-11(7)13)14-8(2)15/h3-6H,1-2H3,(H,14,15)(H,16,17). The number of anilines is 1. The van der Waals surface area contributed by atoms with Crippen LogP contribution in [0.25, 0.3) is 6.08 Å². The Hall–Kier alpha value is -2.17. The number of carboxylic acids is 1. The molecule has 0 atom stereocenters. The molecule has 0 aromatic heterocycles. The quantitative estimate of drug-likeness (QED) is 0.792. The Labute approximate surface area is 97.8 Å². The molecule has 0 aliphatic rings. The maximum atomic E-state index is 13.5. The lowest BCUT2D eigenvalue weighted by molar-refractivity contribution is -0.131. The van der Waals surface area contributed by atoms with E-state index in [1.807, 2.05) is 0 Å². The molecule has 0 bridgehead atoms. The molecule has 0 saturated heterocycles. The minimum Gasteiger partial charge on any atom is -0.478 e. The highest BCUT2D eigenvalue weighted by Gasteiger charge is 2.06. The molecule has 0 radical (unpaired) electrons. The first-order chi connectivity index (χ1) is 7.90. The van der Waals surface area contributed by atoms with Crippen LogP contribution in [0.1, 0.15) is 18.1 Å². The SMILES string of the molecule is CC(=O)Nc1cc(F)c(C)c(C=CC(=O)O)c1. The number of hydrogen-bond donors (Lipinski definition) is 2. The molecule has 4 nitrogen and oxygen atoms in total. The number of carbonyl (C=O) groups is 2. The summed E-state index contributed by atoms with van der Waals surface area (Å²) in [6.45, 7) is 2.85. The first-order valence-electron chi connectivity index (χ1n) is 4.89. The lowest BCUT2D eigenvalue weighted by Gasteiger charge is -2.07. The summed E-state index contributed by atoms with van der Waals surface area (Å²) >= 11 is 0. The van der Waals surface area contributed by atoms with Crippen molar-refractivity contribution in [1.82, 2.24) is 0 Å². The predicted octanol–water partition coefficient (Wildman–Crippen LogP) is 2.19. The molecule has 1 aromatic rings. The van der Waals surface area contributed by atoms with Gasteiger partial charge in [-0.25, -0.2) is 9.18 Å². The first kappa shape index (κ1) is 12.9. The average Bonchev–Trinajstić information content (AvgIpc) is 2.20. The summed E-state index contributed by atoms with van der Waals surface area (Å²) in [6, 6.07) is 2.70. The fourth-order valence-corrected chi connectivity index (χ4v) is 1.31. The van der Waals surface area contributed by atoms with Gasteiger partial charge in [0.25, 0.3) is 0 Å². The summed E-state index contributed by atoms with van der Waals surface area (Å²) in [4.78, 5) is 21.2. The zero-order valence-corrected chi connectivity index (χ0v) is 9.45. The summed E-state index contributed by atoms with van der Waals surface area (Å²) in [5.41, 5.74) is 1.04. The van der Waals surface area contributed by atoms with Gasteiger partial charge < -0.3 is 10.4 Å². The molecule has 17 heavy (non-hydrogen) atoms. The molecule has 2 N–H and O–H groups in total. The number of carboxylic acid groups (broad SMARTS) is 1. The van der Waals surface area contributed by atoms with Crippen LogP contribution in [0.15, 0.2) is 18.2 Å². The van der Waals surface area contributed by atoms with Crippen LogP contribution in [0.3, 0.4) is 0 Å². The Kier molecular flexibility index (Phi) is 3.98. The number of amides is 1. The van der Waals surface area contributed by atoms with Crippen molar-refractivity contribution in [3.8, 4) is 0 Å². The number of hydrogen-bond acceptors (Lipinski definition) is 2. The van der Waals surface area contributed by atoms with Crippen LogP contribution in [0.4, 0.5) is 10.1 Å². The van der Waals surface area contributed by atoms with Crippen molar-refractivity contribution in [2.45, 2.75) is 13.8 Å². The monoisotopic (exact) mass is 237 g/mol. The van der Waals surface area contributed by atoms with Crippen LogP contribution in [0.2, 0.25) is 0 Å². The largest absolute Gasteiger partial charge is 0.478 e. The molecule has 1 rings (SSSR count). The summed E-state index contributed by atoms with van der Waals surface area (Å²) in [5.74, 6) is -1.93. The molecule has 1 aromatic carbocycles. The highest BCUT2D eigenvalue weighted by Crippen LogP contribution is 2.20. The fourth-order valence-electron chi connectivity index (χ4n) is 1.31. The van der Waals surface area contributed by atoms with E-state index < -0.39 is 11.8 Å². The highest BCUT2D eigenvalue weighted by atomic mass is 19.1. The van der Waals surface area contributed by atoms with E-state index in [4.69, 9.17) is 5.11 Å². The Morgan fingerprint density at radius 3 is 2.59 bits per heavy atom. The molecule has 0 unspecified atom stereocenters. The van der Waals surface area contributed by atoms with Gasteiger partial charge in [0.05, 0.1) is 0 Å². The van der Waals surface area contributed by atoms with Gasteiger partial charge >= 0.3 is 5.97 Å². The van der Waals surface area contributed by atoms with E-state index in [2.05, 4.69) is 5.32 Å². The molecule has 90 valence electrons. The van der Waals surface area contributed by atoms with Crippen molar-refractivity contribution in [2.75, 3.05) is 5.32 Å². The number of aliphatic carboxylic acids is 1. The van der Waals surface area contributed by atoms with Crippen LogP contribution < -0.4 is 5.32 Å². The molecule has 0 aliphatic heterocycles. The summed E-state index contributed by atoms with van der Waals surface area (Å²) in [5, 5.41) is 10.9. The van der Waals surface area contributed by atoms with Crippen molar-refractivity contribution in [3.63, 3.8) is 0 Å². The van der Waals surface area contributed by atoms with E-state index in [1.54, 1.807) is 0 Å². The minimum atomic E-state index is -1.12. The van der Waals surface area contributed by atoms with Gasteiger partial charge in [0.15, 0.2) is 0 Å².